The Morgan fingerprint density at radius 3 is 2.83 bits per heavy atom. The Kier molecular flexibility index (Phi) is 5.61. The van der Waals surface area contributed by atoms with E-state index in [-0.39, 0.29) is 11.2 Å². The van der Waals surface area contributed by atoms with E-state index in [1.807, 2.05) is 13.0 Å². The van der Waals surface area contributed by atoms with Crippen molar-refractivity contribution >= 4 is 6.08 Å². The molecule has 0 unspecified atom stereocenters. The molecule has 0 spiro atoms. The SMILES string of the molecule is CC[C@@]1(C)CCCC/C(=C\c2cnc(-c3ccc(-n4ccnc4)cc3O)nn2)[C@H]1F. The summed E-state index contributed by atoms with van der Waals surface area (Å²) in [5, 5.41) is 18.8. The first-order chi connectivity index (χ1) is 14.5. The van der Waals surface area contributed by atoms with Crippen LogP contribution in [-0.2, 0) is 0 Å². The molecule has 1 N–H and O–H groups in total. The van der Waals surface area contributed by atoms with Crippen LogP contribution < -0.4 is 0 Å². The summed E-state index contributed by atoms with van der Waals surface area (Å²) in [5.74, 6) is 0.378. The summed E-state index contributed by atoms with van der Waals surface area (Å²) in [6.45, 7) is 4.08. The molecule has 1 aliphatic carbocycles. The summed E-state index contributed by atoms with van der Waals surface area (Å²) in [7, 11) is 0. The molecule has 7 heteroatoms. The predicted octanol–water partition coefficient (Wildman–Crippen LogP) is 5.14. The van der Waals surface area contributed by atoms with Crippen molar-refractivity contribution in [2.45, 2.75) is 52.1 Å². The molecule has 156 valence electrons. The predicted molar refractivity (Wildman–Crippen MR) is 114 cm³/mol. The number of hydrogen-bond acceptors (Lipinski definition) is 5. The van der Waals surface area contributed by atoms with Crippen LogP contribution in [0.15, 0.2) is 48.7 Å². The molecule has 1 fully saturated rings. The molecule has 1 aromatic carbocycles. The third kappa shape index (κ3) is 3.97. The molecule has 0 radical (unpaired) electrons. The average molecular weight is 407 g/mol. The van der Waals surface area contributed by atoms with Gasteiger partial charge >= 0.3 is 0 Å². The number of aromatic nitrogens is 5. The molecular weight excluding hydrogens is 381 g/mol. The van der Waals surface area contributed by atoms with E-state index in [1.54, 1.807) is 47.7 Å². The van der Waals surface area contributed by atoms with Crippen molar-refractivity contribution in [1.29, 1.82) is 0 Å². The van der Waals surface area contributed by atoms with Crippen molar-refractivity contribution in [2.24, 2.45) is 5.41 Å². The van der Waals surface area contributed by atoms with E-state index in [0.29, 0.717) is 17.1 Å². The highest BCUT2D eigenvalue weighted by Gasteiger charge is 2.36. The normalized spacial score (nSPS) is 23.4. The molecule has 0 aliphatic heterocycles. The van der Waals surface area contributed by atoms with Crippen molar-refractivity contribution in [3.05, 3.63) is 54.4 Å². The number of halogens is 1. The van der Waals surface area contributed by atoms with E-state index in [2.05, 4.69) is 27.1 Å². The number of benzene rings is 1. The number of nitrogens with zero attached hydrogens (tertiary/aromatic N) is 5. The maximum absolute atomic E-state index is 15.2. The summed E-state index contributed by atoms with van der Waals surface area (Å²) < 4.78 is 17.0. The second-order valence-corrected chi connectivity index (χ2v) is 8.17. The minimum Gasteiger partial charge on any atom is -0.507 e. The number of phenolic OH excluding ortho intramolecular Hbond substituents is 1. The number of hydrogen-bond donors (Lipinski definition) is 1. The fraction of sp³-hybridized carbons (Fsp3) is 0.391. The number of alkyl halides is 1. The van der Waals surface area contributed by atoms with Crippen LogP contribution in [0.25, 0.3) is 23.2 Å². The Labute approximate surface area is 175 Å². The molecule has 30 heavy (non-hydrogen) atoms. The van der Waals surface area contributed by atoms with E-state index >= 15 is 4.39 Å². The smallest absolute Gasteiger partial charge is 0.185 e. The van der Waals surface area contributed by atoms with Gasteiger partial charge in [0.25, 0.3) is 0 Å². The van der Waals surface area contributed by atoms with E-state index in [1.165, 1.54) is 0 Å². The van der Waals surface area contributed by atoms with E-state index < -0.39 is 6.17 Å². The second-order valence-electron chi connectivity index (χ2n) is 8.17. The minimum atomic E-state index is -0.980. The van der Waals surface area contributed by atoms with Gasteiger partial charge in [-0.1, -0.05) is 20.3 Å². The van der Waals surface area contributed by atoms with Gasteiger partial charge in [-0.25, -0.2) is 14.4 Å². The molecule has 1 aliphatic rings. The molecule has 1 saturated carbocycles. The van der Waals surface area contributed by atoms with Crippen molar-refractivity contribution in [3.63, 3.8) is 0 Å². The van der Waals surface area contributed by atoms with Crippen LogP contribution in [0.4, 0.5) is 4.39 Å². The van der Waals surface area contributed by atoms with Crippen LogP contribution in [0.3, 0.4) is 0 Å². The fourth-order valence-corrected chi connectivity index (χ4v) is 4.01. The van der Waals surface area contributed by atoms with Gasteiger partial charge in [-0.15, -0.1) is 10.2 Å². The van der Waals surface area contributed by atoms with Gasteiger partial charge in [-0.3, -0.25) is 0 Å². The number of aromatic hydroxyl groups is 1. The lowest BCUT2D eigenvalue weighted by Gasteiger charge is -2.31. The Morgan fingerprint density at radius 1 is 1.30 bits per heavy atom. The zero-order valence-corrected chi connectivity index (χ0v) is 17.3. The zero-order valence-electron chi connectivity index (χ0n) is 17.3. The third-order valence-electron chi connectivity index (χ3n) is 6.15. The molecule has 2 aromatic heterocycles. The maximum Gasteiger partial charge on any atom is 0.185 e. The first kappa shape index (κ1) is 20.2. The van der Waals surface area contributed by atoms with Crippen LogP contribution in [0, 0.1) is 5.41 Å². The van der Waals surface area contributed by atoms with Gasteiger partial charge in [0.2, 0.25) is 0 Å². The van der Waals surface area contributed by atoms with Gasteiger partial charge in [0.05, 0.1) is 23.8 Å². The Bertz CT molecular complexity index is 1030. The minimum absolute atomic E-state index is 0.0559. The quantitative estimate of drug-likeness (QED) is 0.606. The summed E-state index contributed by atoms with van der Waals surface area (Å²) in [6.07, 6.45) is 12.0. The van der Waals surface area contributed by atoms with E-state index in [0.717, 1.165) is 43.4 Å². The highest BCUT2D eigenvalue weighted by molar-refractivity contribution is 5.66. The zero-order chi connectivity index (χ0) is 21.1. The van der Waals surface area contributed by atoms with Gasteiger partial charge in [-0.2, -0.15) is 0 Å². The van der Waals surface area contributed by atoms with Crippen LogP contribution >= 0.6 is 0 Å². The standard InChI is InChI=1S/C23H26FN5O/c1-3-23(2)9-5-4-6-16(21(23)24)12-17-14-26-22(28-27-17)19-8-7-18(13-20(19)30)29-11-10-25-15-29/h7-8,10-15,21,30H,3-6,9H2,1-2H3/b16-12+/t21-,23+/m1/s1. The van der Waals surface area contributed by atoms with Crippen LogP contribution in [0.1, 0.15) is 51.6 Å². The van der Waals surface area contributed by atoms with Gasteiger partial charge in [0, 0.05) is 23.9 Å². The molecular formula is C23H26FN5O. The first-order valence-electron chi connectivity index (χ1n) is 10.4. The fourth-order valence-electron chi connectivity index (χ4n) is 4.01. The lowest BCUT2D eigenvalue weighted by atomic mass is 9.77. The Hall–Kier alpha value is -3.09. The van der Waals surface area contributed by atoms with Crippen molar-refractivity contribution in [1.82, 2.24) is 24.7 Å². The molecule has 2 atom stereocenters. The van der Waals surface area contributed by atoms with Crippen LogP contribution in [0.5, 0.6) is 5.75 Å². The van der Waals surface area contributed by atoms with Crippen molar-refractivity contribution < 1.29 is 9.50 Å². The monoisotopic (exact) mass is 407 g/mol. The third-order valence-corrected chi connectivity index (χ3v) is 6.15. The number of imidazole rings is 1. The Morgan fingerprint density at radius 2 is 2.17 bits per heavy atom. The summed E-state index contributed by atoms with van der Waals surface area (Å²) in [5.41, 5.74) is 2.25. The first-order valence-corrected chi connectivity index (χ1v) is 10.4. The van der Waals surface area contributed by atoms with Crippen molar-refractivity contribution in [2.75, 3.05) is 0 Å². The Balaban J connectivity index is 1.58. The maximum atomic E-state index is 15.2. The summed E-state index contributed by atoms with van der Waals surface area (Å²) >= 11 is 0. The summed E-state index contributed by atoms with van der Waals surface area (Å²) in [6, 6.07) is 5.22. The number of phenols is 1. The topological polar surface area (TPSA) is 76.7 Å². The second kappa shape index (κ2) is 8.34. The van der Waals surface area contributed by atoms with Gasteiger partial charge in [-0.05, 0) is 49.5 Å². The molecule has 0 bridgehead atoms. The highest BCUT2D eigenvalue weighted by atomic mass is 19.1. The molecule has 4 rings (SSSR count). The number of rotatable bonds is 4. The molecule has 3 aromatic rings. The molecule has 2 heterocycles. The molecule has 0 saturated heterocycles. The van der Waals surface area contributed by atoms with Gasteiger partial charge in [0.1, 0.15) is 17.6 Å². The lowest BCUT2D eigenvalue weighted by Crippen LogP contribution is -2.28. The van der Waals surface area contributed by atoms with Crippen molar-refractivity contribution in [3.8, 4) is 22.8 Å². The van der Waals surface area contributed by atoms with Crippen LogP contribution in [0.2, 0.25) is 0 Å². The molecule has 6 nitrogen and oxygen atoms in total. The lowest BCUT2D eigenvalue weighted by molar-refractivity contribution is 0.141. The highest BCUT2D eigenvalue weighted by Crippen LogP contribution is 2.42. The van der Waals surface area contributed by atoms with Crippen LogP contribution in [-0.4, -0.2) is 36.0 Å². The van der Waals surface area contributed by atoms with E-state index in [9.17, 15) is 5.11 Å². The van der Waals surface area contributed by atoms with E-state index in [4.69, 9.17) is 0 Å². The summed E-state index contributed by atoms with van der Waals surface area (Å²) in [4.78, 5) is 8.36. The average Bonchev–Trinajstić information content (AvgIpc) is 3.26. The number of allylic oxidation sites excluding steroid dienone is 1. The van der Waals surface area contributed by atoms with Gasteiger partial charge in [0.15, 0.2) is 5.82 Å². The molecule has 0 amide bonds. The largest absolute Gasteiger partial charge is 0.507 e. The van der Waals surface area contributed by atoms with Gasteiger partial charge < -0.3 is 9.67 Å².